The van der Waals surface area contributed by atoms with Crippen molar-refractivity contribution >= 4 is 17.3 Å². The molecule has 6 nitrogen and oxygen atoms in total. The summed E-state index contributed by atoms with van der Waals surface area (Å²) >= 11 is 1.58. The predicted molar refractivity (Wildman–Crippen MR) is 97.2 cm³/mol. The normalized spacial score (nSPS) is 14.8. The van der Waals surface area contributed by atoms with Gasteiger partial charge in [0.1, 0.15) is 5.60 Å². The van der Waals surface area contributed by atoms with Crippen molar-refractivity contribution in [2.75, 3.05) is 53.5 Å². The second kappa shape index (κ2) is 10.6. The molecule has 132 valence electrons. The fourth-order valence-corrected chi connectivity index (χ4v) is 2.74. The molecule has 0 saturated carbocycles. The van der Waals surface area contributed by atoms with E-state index in [1.807, 2.05) is 23.8 Å². The lowest BCUT2D eigenvalue weighted by atomic mass is 10.00. The molecule has 0 aliphatic carbocycles. The summed E-state index contributed by atoms with van der Waals surface area (Å²) in [5.74, 6) is 0.725. The number of guanidine groups is 1. The smallest absolute Gasteiger partial charge is 0.191 e. The van der Waals surface area contributed by atoms with E-state index in [1.165, 1.54) is 0 Å². The van der Waals surface area contributed by atoms with Crippen molar-refractivity contribution in [3.05, 3.63) is 22.4 Å². The van der Waals surface area contributed by atoms with Crippen LogP contribution in [0.15, 0.2) is 21.8 Å². The highest BCUT2D eigenvalue weighted by Gasteiger charge is 2.23. The maximum Gasteiger partial charge on any atom is 0.191 e. The number of ether oxygens (including phenoxy) is 1. The molecule has 1 heterocycles. The van der Waals surface area contributed by atoms with Crippen LogP contribution >= 0.6 is 11.3 Å². The van der Waals surface area contributed by atoms with Crippen LogP contribution in [-0.2, 0) is 10.3 Å². The molecule has 23 heavy (non-hydrogen) atoms. The molecule has 0 bridgehead atoms. The molecular formula is C16H30N4O2S. The number of likely N-dealkylation sites (N-methyl/N-ethyl adjacent to an activating group) is 1. The molecule has 1 rings (SSSR count). The standard InChI is InChI=1S/C16H30N4O2S/c1-5-17-15(18-7-8-20(3)9-10-22-4)19-13-16(2,21)14-6-11-23-12-14/h6,11-12,21H,5,7-10,13H2,1-4H3,(H2,17,18,19). The lowest BCUT2D eigenvalue weighted by Gasteiger charge is -2.21. The summed E-state index contributed by atoms with van der Waals surface area (Å²) in [6, 6.07) is 1.94. The molecule has 7 heteroatoms. The second-order valence-corrected chi connectivity index (χ2v) is 6.48. The van der Waals surface area contributed by atoms with E-state index in [0.29, 0.717) is 6.54 Å². The highest BCUT2D eigenvalue weighted by molar-refractivity contribution is 7.08. The van der Waals surface area contributed by atoms with Crippen molar-refractivity contribution in [2.24, 2.45) is 4.99 Å². The molecule has 0 aliphatic heterocycles. The Hall–Kier alpha value is -1.15. The molecule has 0 spiro atoms. The van der Waals surface area contributed by atoms with Crippen LogP contribution in [0.25, 0.3) is 0 Å². The summed E-state index contributed by atoms with van der Waals surface area (Å²) in [5.41, 5.74) is -0.0427. The Morgan fingerprint density at radius 1 is 1.43 bits per heavy atom. The van der Waals surface area contributed by atoms with E-state index in [1.54, 1.807) is 25.4 Å². The molecule has 0 radical (unpaired) electrons. The SMILES string of the molecule is CCNC(=NCC(C)(O)c1ccsc1)NCCN(C)CCOC. The number of nitrogens with zero attached hydrogens (tertiary/aromatic N) is 2. The molecule has 1 aromatic heterocycles. The van der Waals surface area contributed by atoms with Gasteiger partial charge in [-0.15, -0.1) is 0 Å². The molecule has 0 aromatic carbocycles. The van der Waals surface area contributed by atoms with E-state index >= 15 is 0 Å². The highest BCUT2D eigenvalue weighted by Crippen LogP contribution is 2.23. The molecule has 0 saturated heterocycles. The van der Waals surface area contributed by atoms with Gasteiger partial charge in [-0.2, -0.15) is 11.3 Å². The summed E-state index contributed by atoms with van der Waals surface area (Å²) in [5, 5.41) is 20.9. The first-order valence-corrected chi connectivity index (χ1v) is 8.88. The zero-order valence-corrected chi connectivity index (χ0v) is 15.4. The first kappa shape index (κ1) is 19.9. The third kappa shape index (κ3) is 7.78. The number of nitrogens with one attached hydrogen (secondary N) is 2. The van der Waals surface area contributed by atoms with E-state index in [9.17, 15) is 5.11 Å². The van der Waals surface area contributed by atoms with Crippen LogP contribution in [0.1, 0.15) is 19.4 Å². The first-order valence-electron chi connectivity index (χ1n) is 7.94. The third-order valence-corrected chi connectivity index (χ3v) is 4.18. The van der Waals surface area contributed by atoms with Crippen LogP contribution in [0.5, 0.6) is 0 Å². The van der Waals surface area contributed by atoms with Gasteiger partial charge in [-0.25, -0.2) is 4.99 Å². The van der Waals surface area contributed by atoms with Crippen LogP contribution in [-0.4, -0.2) is 69.5 Å². The van der Waals surface area contributed by atoms with E-state index in [-0.39, 0.29) is 0 Å². The van der Waals surface area contributed by atoms with E-state index in [0.717, 1.165) is 44.3 Å². The maximum absolute atomic E-state index is 10.5. The van der Waals surface area contributed by atoms with E-state index in [4.69, 9.17) is 4.74 Å². The van der Waals surface area contributed by atoms with Crippen LogP contribution in [0.3, 0.4) is 0 Å². The van der Waals surface area contributed by atoms with Gasteiger partial charge in [0, 0.05) is 33.3 Å². The van der Waals surface area contributed by atoms with Gasteiger partial charge in [0.15, 0.2) is 5.96 Å². The fraction of sp³-hybridized carbons (Fsp3) is 0.688. The molecule has 1 atom stereocenters. The average Bonchev–Trinajstić information content (AvgIpc) is 3.06. The minimum Gasteiger partial charge on any atom is -0.383 e. The van der Waals surface area contributed by atoms with E-state index < -0.39 is 5.60 Å². The minimum atomic E-state index is -0.947. The van der Waals surface area contributed by atoms with Gasteiger partial charge in [-0.1, -0.05) is 0 Å². The molecular weight excluding hydrogens is 312 g/mol. The van der Waals surface area contributed by atoms with E-state index in [2.05, 4.69) is 27.6 Å². The van der Waals surface area contributed by atoms with Gasteiger partial charge in [0.05, 0.1) is 13.2 Å². The van der Waals surface area contributed by atoms with Crippen molar-refractivity contribution in [2.45, 2.75) is 19.4 Å². The number of rotatable bonds is 10. The number of hydrogen-bond donors (Lipinski definition) is 3. The largest absolute Gasteiger partial charge is 0.383 e. The van der Waals surface area contributed by atoms with Crippen LogP contribution in [0, 0.1) is 0 Å². The number of methoxy groups -OCH3 is 1. The number of aliphatic hydroxyl groups is 1. The Balaban J connectivity index is 2.47. The predicted octanol–water partition coefficient (Wildman–Crippen LogP) is 1.09. The molecule has 0 fully saturated rings. The third-order valence-electron chi connectivity index (χ3n) is 3.50. The summed E-state index contributed by atoms with van der Waals surface area (Å²) in [6.07, 6.45) is 0. The lowest BCUT2D eigenvalue weighted by molar-refractivity contribution is 0.0677. The zero-order valence-electron chi connectivity index (χ0n) is 14.6. The molecule has 0 aliphatic rings. The molecule has 1 unspecified atom stereocenters. The Kier molecular flexibility index (Phi) is 9.16. The number of hydrogen-bond acceptors (Lipinski definition) is 5. The Morgan fingerprint density at radius 3 is 2.83 bits per heavy atom. The van der Waals surface area contributed by atoms with Gasteiger partial charge < -0.3 is 25.4 Å². The summed E-state index contributed by atoms with van der Waals surface area (Å²) < 4.78 is 5.06. The lowest BCUT2D eigenvalue weighted by Crippen LogP contribution is -2.42. The summed E-state index contributed by atoms with van der Waals surface area (Å²) in [7, 11) is 3.77. The van der Waals surface area contributed by atoms with Crippen LogP contribution < -0.4 is 10.6 Å². The average molecular weight is 343 g/mol. The second-order valence-electron chi connectivity index (χ2n) is 5.70. The quantitative estimate of drug-likeness (QED) is 0.439. The molecule has 0 amide bonds. The topological polar surface area (TPSA) is 69.1 Å². The maximum atomic E-state index is 10.5. The van der Waals surface area contributed by atoms with Crippen LogP contribution in [0.4, 0.5) is 0 Å². The van der Waals surface area contributed by atoms with Crippen LogP contribution in [0.2, 0.25) is 0 Å². The van der Waals surface area contributed by atoms with Gasteiger partial charge >= 0.3 is 0 Å². The zero-order chi connectivity index (χ0) is 17.1. The van der Waals surface area contributed by atoms with Crippen molar-refractivity contribution in [3.63, 3.8) is 0 Å². The summed E-state index contributed by atoms with van der Waals surface area (Å²) in [4.78, 5) is 6.70. The van der Waals surface area contributed by atoms with Crippen molar-refractivity contribution in [1.29, 1.82) is 0 Å². The fourth-order valence-electron chi connectivity index (χ4n) is 1.96. The number of thiophene rings is 1. The van der Waals surface area contributed by atoms with Gasteiger partial charge in [-0.05, 0) is 43.3 Å². The van der Waals surface area contributed by atoms with Crippen molar-refractivity contribution in [3.8, 4) is 0 Å². The highest BCUT2D eigenvalue weighted by atomic mass is 32.1. The molecule has 3 N–H and O–H groups in total. The first-order chi connectivity index (χ1) is 11.0. The Labute approximate surface area is 143 Å². The van der Waals surface area contributed by atoms with Gasteiger partial charge in [0.2, 0.25) is 0 Å². The monoisotopic (exact) mass is 342 g/mol. The minimum absolute atomic E-state index is 0.318. The van der Waals surface area contributed by atoms with Crippen molar-refractivity contribution in [1.82, 2.24) is 15.5 Å². The van der Waals surface area contributed by atoms with Gasteiger partial charge in [0.25, 0.3) is 0 Å². The Morgan fingerprint density at radius 2 is 2.22 bits per heavy atom. The Bertz CT molecular complexity index is 449. The van der Waals surface area contributed by atoms with Gasteiger partial charge in [-0.3, -0.25) is 0 Å². The number of aliphatic imine (C=N–C) groups is 1. The van der Waals surface area contributed by atoms with Crippen molar-refractivity contribution < 1.29 is 9.84 Å². The molecule has 1 aromatic rings. The summed E-state index contributed by atoms with van der Waals surface area (Å²) in [6.45, 7) is 8.23.